The minimum absolute atomic E-state index is 0.784. The Morgan fingerprint density at radius 1 is 0.714 bits per heavy atom. The first kappa shape index (κ1) is 15.6. The van der Waals surface area contributed by atoms with Crippen LogP contribution in [-0.2, 0) is 0 Å². The molecule has 0 unspecified atom stereocenters. The van der Waals surface area contributed by atoms with E-state index in [-0.39, 0.29) is 0 Å². The molecule has 0 radical (unpaired) electrons. The number of unbranched alkanes of at least 4 members (excludes halogenated alkanes) is 4. The van der Waals surface area contributed by atoms with E-state index < -0.39 is 0 Å². The summed E-state index contributed by atoms with van der Waals surface area (Å²) in [5.41, 5.74) is 7.87. The van der Waals surface area contributed by atoms with Gasteiger partial charge in [0.2, 0.25) is 0 Å². The summed E-state index contributed by atoms with van der Waals surface area (Å²) in [6.07, 6.45) is 5.94. The third-order valence-electron chi connectivity index (χ3n) is 3.58. The van der Waals surface area contributed by atoms with Crippen LogP contribution in [0.5, 0.6) is 5.75 Å². The van der Waals surface area contributed by atoms with Crippen molar-refractivity contribution in [2.24, 2.45) is 5.73 Å². The Hall–Kier alpha value is -1.80. The number of hydrogen-bond acceptors (Lipinski definition) is 2. The summed E-state index contributed by atoms with van der Waals surface area (Å²) in [5, 5.41) is 0. The maximum Gasteiger partial charge on any atom is 0.127 e. The van der Waals surface area contributed by atoms with Crippen molar-refractivity contribution < 1.29 is 4.74 Å². The van der Waals surface area contributed by atoms with Crippen LogP contribution in [0.4, 0.5) is 0 Å². The Morgan fingerprint density at radius 3 is 2.19 bits per heavy atom. The molecule has 0 amide bonds. The fraction of sp³-hybridized carbons (Fsp3) is 0.368. The van der Waals surface area contributed by atoms with Crippen molar-refractivity contribution in [3.05, 3.63) is 54.6 Å². The molecule has 0 spiro atoms. The number of para-hydroxylation sites is 1. The Labute approximate surface area is 127 Å². The lowest BCUT2D eigenvalue weighted by Gasteiger charge is -2.11. The molecule has 2 N–H and O–H groups in total. The van der Waals surface area contributed by atoms with Gasteiger partial charge in [-0.1, -0.05) is 67.8 Å². The van der Waals surface area contributed by atoms with Gasteiger partial charge in [0, 0.05) is 5.56 Å². The van der Waals surface area contributed by atoms with Gasteiger partial charge in [-0.25, -0.2) is 0 Å². The molecule has 0 aromatic heterocycles. The van der Waals surface area contributed by atoms with E-state index in [1.807, 2.05) is 12.1 Å². The molecule has 0 bridgehead atoms. The van der Waals surface area contributed by atoms with Gasteiger partial charge in [-0.15, -0.1) is 0 Å². The highest BCUT2D eigenvalue weighted by molar-refractivity contribution is 5.70. The van der Waals surface area contributed by atoms with E-state index in [1.54, 1.807) is 0 Å². The average molecular weight is 283 g/mol. The highest BCUT2D eigenvalue weighted by atomic mass is 16.5. The van der Waals surface area contributed by atoms with E-state index in [2.05, 4.69) is 42.5 Å². The normalized spacial score (nSPS) is 10.5. The fourth-order valence-corrected chi connectivity index (χ4v) is 2.41. The molecule has 0 saturated heterocycles. The van der Waals surface area contributed by atoms with E-state index >= 15 is 0 Å². The Balaban J connectivity index is 1.84. The summed E-state index contributed by atoms with van der Waals surface area (Å²) in [4.78, 5) is 0. The quantitative estimate of drug-likeness (QED) is 0.680. The minimum Gasteiger partial charge on any atom is -0.493 e. The zero-order valence-electron chi connectivity index (χ0n) is 12.6. The van der Waals surface area contributed by atoms with Crippen molar-refractivity contribution in [3.63, 3.8) is 0 Å². The molecule has 0 atom stereocenters. The largest absolute Gasteiger partial charge is 0.493 e. The van der Waals surface area contributed by atoms with Crippen molar-refractivity contribution in [2.45, 2.75) is 32.1 Å². The van der Waals surface area contributed by atoms with Gasteiger partial charge >= 0.3 is 0 Å². The zero-order chi connectivity index (χ0) is 14.8. The molecule has 2 rings (SSSR count). The van der Waals surface area contributed by atoms with Crippen LogP contribution in [0.15, 0.2) is 54.6 Å². The number of rotatable bonds is 9. The first-order valence-corrected chi connectivity index (χ1v) is 7.89. The van der Waals surface area contributed by atoms with Gasteiger partial charge in [-0.2, -0.15) is 0 Å². The molecule has 0 fully saturated rings. The van der Waals surface area contributed by atoms with Gasteiger partial charge < -0.3 is 10.5 Å². The second-order valence-corrected chi connectivity index (χ2v) is 5.27. The molecule has 2 aromatic carbocycles. The number of nitrogens with two attached hydrogens (primary N) is 1. The van der Waals surface area contributed by atoms with Crippen LogP contribution in [0.25, 0.3) is 11.1 Å². The molecule has 0 heterocycles. The van der Waals surface area contributed by atoms with Gasteiger partial charge in [0.15, 0.2) is 0 Å². The van der Waals surface area contributed by atoms with Crippen molar-refractivity contribution in [3.8, 4) is 16.9 Å². The second kappa shape index (κ2) is 9.19. The molecule has 0 saturated carbocycles. The monoisotopic (exact) mass is 283 g/mol. The molecule has 2 nitrogen and oxygen atoms in total. The van der Waals surface area contributed by atoms with Crippen molar-refractivity contribution in [1.29, 1.82) is 0 Å². The predicted octanol–water partition coefficient (Wildman–Crippen LogP) is 4.64. The highest BCUT2D eigenvalue weighted by Crippen LogP contribution is 2.29. The molecule has 2 heteroatoms. The third kappa shape index (κ3) is 5.24. The van der Waals surface area contributed by atoms with Crippen LogP contribution in [0.2, 0.25) is 0 Å². The first-order valence-electron chi connectivity index (χ1n) is 7.89. The van der Waals surface area contributed by atoms with Crippen LogP contribution in [0.3, 0.4) is 0 Å². The number of benzene rings is 2. The number of hydrogen-bond donors (Lipinski definition) is 1. The summed E-state index contributed by atoms with van der Waals surface area (Å²) >= 11 is 0. The smallest absolute Gasteiger partial charge is 0.127 e. The summed E-state index contributed by atoms with van der Waals surface area (Å²) in [7, 11) is 0. The third-order valence-corrected chi connectivity index (χ3v) is 3.58. The molecule has 0 aliphatic rings. The maximum atomic E-state index is 5.97. The first-order chi connectivity index (χ1) is 10.4. The van der Waals surface area contributed by atoms with Gasteiger partial charge in [-0.05, 0) is 31.0 Å². The van der Waals surface area contributed by atoms with Gasteiger partial charge in [0.25, 0.3) is 0 Å². The van der Waals surface area contributed by atoms with Gasteiger partial charge in [0.05, 0.1) is 6.61 Å². The summed E-state index contributed by atoms with van der Waals surface area (Å²) in [5.74, 6) is 0.977. The van der Waals surface area contributed by atoms with E-state index in [0.29, 0.717) is 0 Å². The van der Waals surface area contributed by atoms with Crippen molar-refractivity contribution in [2.75, 3.05) is 13.2 Å². The maximum absolute atomic E-state index is 5.97. The van der Waals surface area contributed by atoms with Crippen LogP contribution < -0.4 is 10.5 Å². The van der Waals surface area contributed by atoms with Gasteiger partial charge in [0.1, 0.15) is 5.75 Å². The molecular formula is C19H25NO. The van der Waals surface area contributed by atoms with E-state index in [9.17, 15) is 0 Å². The average Bonchev–Trinajstić information content (AvgIpc) is 2.55. The van der Waals surface area contributed by atoms with Gasteiger partial charge in [-0.3, -0.25) is 0 Å². The fourth-order valence-electron chi connectivity index (χ4n) is 2.41. The van der Waals surface area contributed by atoms with E-state index in [4.69, 9.17) is 10.5 Å². The summed E-state index contributed by atoms with van der Waals surface area (Å²) in [6, 6.07) is 18.7. The van der Waals surface area contributed by atoms with Crippen LogP contribution in [-0.4, -0.2) is 13.2 Å². The van der Waals surface area contributed by atoms with Crippen molar-refractivity contribution >= 4 is 0 Å². The second-order valence-electron chi connectivity index (χ2n) is 5.27. The number of ether oxygens (including phenoxy) is 1. The van der Waals surface area contributed by atoms with E-state index in [0.717, 1.165) is 31.7 Å². The van der Waals surface area contributed by atoms with E-state index in [1.165, 1.54) is 30.4 Å². The summed E-state index contributed by atoms with van der Waals surface area (Å²) < 4.78 is 5.97. The van der Waals surface area contributed by atoms with Crippen molar-refractivity contribution in [1.82, 2.24) is 0 Å². The molecule has 112 valence electrons. The van der Waals surface area contributed by atoms with Crippen LogP contribution in [0, 0.1) is 0 Å². The molecule has 0 aliphatic carbocycles. The SMILES string of the molecule is NCCCCCCCOc1ccccc1-c1ccccc1. The Morgan fingerprint density at radius 2 is 1.38 bits per heavy atom. The molecule has 21 heavy (non-hydrogen) atoms. The molecule has 2 aromatic rings. The summed E-state index contributed by atoms with van der Waals surface area (Å²) in [6.45, 7) is 1.59. The van der Waals surface area contributed by atoms with Crippen LogP contribution >= 0.6 is 0 Å². The Bertz CT molecular complexity index is 510. The predicted molar refractivity (Wildman–Crippen MR) is 89.5 cm³/mol. The molecule has 0 aliphatic heterocycles. The molecular weight excluding hydrogens is 258 g/mol. The standard InChI is InChI=1S/C19H25NO/c20-15-9-2-1-3-10-16-21-19-14-8-7-13-18(19)17-11-5-4-6-12-17/h4-8,11-14H,1-3,9-10,15-16,20H2. The lowest BCUT2D eigenvalue weighted by molar-refractivity contribution is 0.305. The zero-order valence-corrected chi connectivity index (χ0v) is 12.6. The Kier molecular flexibility index (Phi) is 6.82. The lowest BCUT2D eigenvalue weighted by atomic mass is 10.1. The lowest BCUT2D eigenvalue weighted by Crippen LogP contribution is -2.00. The van der Waals surface area contributed by atoms with Crippen LogP contribution in [0.1, 0.15) is 32.1 Å². The highest BCUT2D eigenvalue weighted by Gasteiger charge is 2.04. The minimum atomic E-state index is 0.784. The topological polar surface area (TPSA) is 35.2 Å².